The molecular formula is C21H20N4O5. The first-order valence-corrected chi connectivity index (χ1v) is 9.07. The average Bonchev–Trinajstić information content (AvgIpc) is 3.17. The number of nitrogens with two attached hydrogens (primary N) is 1. The molecule has 0 spiro atoms. The molecule has 1 aromatic heterocycles. The molecule has 0 aliphatic rings. The monoisotopic (exact) mass is 408 g/mol. The van der Waals surface area contributed by atoms with Crippen LogP contribution in [0, 0.1) is 0 Å². The molecule has 0 atom stereocenters. The standard InChI is InChI=1S/C21H20N4O5/c22-18(26)17-19(24-20(27)15-7-3-1-4-8-15)25(13-23-17)14-29-11-12-30-21(28)16-9-5-2-6-10-16/h1-10,13H,11-12,14H2,(H2,22,26)(H,24,27). The van der Waals surface area contributed by atoms with Crippen LogP contribution in [0.1, 0.15) is 31.2 Å². The van der Waals surface area contributed by atoms with Gasteiger partial charge in [-0.3, -0.25) is 14.2 Å². The first-order valence-electron chi connectivity index (χ1n) is 9.07. The number of imidazole rings is 1. The van der Waals surface area contributed by atoms with Gasteiger partial charge in [0.1, 0.15) is 19.2 Å². The molecule has 1 heterocycles. The van der Waals surface area contributed by atoms with E-state index in [1.54, 1.807) is 60.7 Å². The predicted octanol–water partition coefficient (Wildman–Crippen LogP) is 2.07. The van der Waals surface area contributed by atoms with Gasteiger partial charge in [0.25, 0.3) is 11.8 Å². The van der Waals surface area contributed by atoms with Crippen molar-refractivity contribution in [3.05, 3.63) is 83.8 Å². The van der Waals surface area contributed by atoms with Gasteiger partial charge in [0, 0.05) is 5.56 Å². The lowest BCUT2D eigenvalue weighted by atomic mass is 10.2. The van der Waals surface area contributed by atoms with Crippen LogP contribution in [0.4, 0.5) is 5.82 Å². The van der Waals surface area contributed by atoms with Gasteiger partial charge in [-0.05, 0) is 24.3 Å². The number of rotatable bonds is 9. The molecule has 30 heavy (non-hydrogen) atoms. The van der Waals surface area contributed by atoms with Crippen molar-refractivity contribution in [1.29, 1.82) is 0 Å². The first-order chi connectivity index (χ1) is 14.6. The number of hydrogen-bond acceptors (Lipinski definition) is 6. The second kappa shape index (κ2) is 9.99. The number of carbonyl (C=O) groups is 3. The van der Waals surface area contributed by atoms with E-state index >= 15 is 0 Å². The third-order valence-electron chi connectivity index (χ3n) is 4.04. The number of amides is 2. The molecule has 2 amide bonds. The average molecular weight is 408 g/mol. The van der Waals surface area contributed by atoms with Crippen molar-refractivity contribution < 1.29 is 23.9 Å². The Morgan fingerprint density at radius 1 is 0.933 bits per heavy atom. The Labute approximate surface area is 172 Å². The van der Waals surface area contributed by atoms with Crippen LogP contribution in [0.5, 0.6) is 0 Å². The number of benzene rings is 2. The highest BCUT2D eigenvalue weighted by molar-refractivity contribution is 6.07. The summed E-state index contributed by atoms with van der Waals surface area (Å²) in [5.41, 5.74) is 6.12. The number of hydrogen-bond donors (Lipinski definition) is 2. The summed E-state index contributed by atoms with van der Waals surface area (Å²) >= 11 is 0. The Balaban J connectivity index is 1.56. The Morgan fingerprint density at radius 3 is 2.20 bits per heavy atom. The van der Waals surface area contributed by atoms with Gasteiger partial charge in [0.15, 0.2) is 5.69 Å². The number of primary amides is 1. The topological polar surface area (TPSA) is 126 Å². The minimum absolute atomic E-state index is 0.0342. The summed E-state index contributed by atoms with van der Waals surface area (Å²) in [7, 11) is 0. The van der Waals surface area contributed by atoms with Crippen molar-refractivity contribution in [3.8, 4) is 0 Å². The van der Waals surface area contributed by atoms with Crippen molar-refractivity contribution in [2.75, 3.05) is 18.5 Å². The zero-order chi connectivity index (χ0) is 21.3. The van der Waals surface area contributed by atoms with E-state index in [9.17, 15) is 14.4 Å². The molecule has 2 aromatic carbocycles. The largest absolute Gasteiger partial charge is 0.460 e. The minimum Gasteiger partial charge on any atom is -0.460 e. The summed E-state index contributed by atoms with van der Waals surface area (Å²) in [5.74, 6) is -1.53. The number of aromatic nitrogens is 2. The molecule has 0 saturated heterocycles. The van der Waals surface area contributed by atoms with Crippen LogP contribution in [0.25, 0.3) is 0 Å². The van der Waals surface area contributed by atoms with Gasteiger partial charge in [-0.25, -0.2) is 9.78 Å². The molecule has 0 radical (unpaired) electrons. The summed E-state index contributed by atoms with van der Waals surface area (Å²) in [5, 5.41) is 2.63. The van der Waals surface area contributed by atoms with Gasteiger partial charge in [-0.2, -0.15) is 0 Å². The van der Waals surface area contributed by atoms with E-state index in [2.05, 4.69) is 10.3 Å². The third kappa shape index (κ3) is 5.30. The molecule has 0 fully saturated rings. The van der Waals surface area contributed by atoms with E-state index in [4.69, 9.17) is 15.2 Å². The van der Waals surface area contributed by atoms with E-state index in [0.29, 0.717) is 11.1 Å². The van der Waals surface area contributed by atoms with Gasteiger partial charge in [-0.15, -0.1) is 0 Å². The van der Waals surface area contributed by atoms with Crippen molar-refractivity contribution in [2.45, 2.75) is 6.73 Å². The maximum atomic E-state index is 12.4. The zero-order valence-corrected chi connectivity index (χ0v) is 16.0. The van der Waals surface area contributed by atoms with Gasteiger partial charge >= 0.3 is 5.97 Å². The Hall–Kier alpha value is -3.98. The summed E-state index contributed by atoms with van der Waals surface area (Å²) < 4.78 is 12.0. The minimum atomic E-state index is -0.783. The smallest absolute Gasteiger partial charge is 0.338 e. The van der Waals surface area contributed by atoms with Gasteiger partial charge in [0.05, 0.1) is 18.5 Å². The molecule has 154 valence electrons. The molecular weight excluding hydrogens is 388 g/mol. The highest BCUT2D eigenvalue weighted by Crippen LogP contribution is 2.16. The SMILES string of the molecule is NC(=O)c1ncn(COCCOC(=O)c2ccccc2)c1NC(=O)c1ccccc1. The second-order valence-electron chi connectivity index (χ2n) is 6.14. The van der Waals surface area contributed by atoms with Crippen molar-refractivity contribution in [1.82, 2.24) is 9.55 Å². The number of ether oxygens (including phenoxy) is 2. The number of nitrogens with zero attached hydrogens (tertiary/aromatic N) is 2. The van der Waals surface area contributed by atoms with Crippen LogP contribution in [0.15, 0.2) is 67.0 Å². The molecule has 3 rings (SSSR count). The van der Waals surface area contributed by atoms with Gasteiger partial charge in [-0.1, -0.05) is 36.4 Å². The molecule has 9 heteroatoms. The molecule has 0 aliphatic heterocycles. The number of anilines is 1. The fourth-order valence-electron chi connectivity index (χ4n) is 2.57. The van der Waals surface area contributed by atoms with Crippen LogP contribution >= 0.6 is 0 Å². The maximum absolute atomic E-state index is 12.4. The lowest BCUT2D eigenvalue weighted by Crippen LogP contribution is -2.21. The van der Waals surface area contributed by atoms with E-state index in [0.717, 1.165) is 0 Å². The lowest BCUT2D eigenvalue weighted by Gasteiger charge is -2.11. The quantitative estimate of drug-likeness (QED) is 0.412. The van der Waals surface area contributed by atoms with Crippen LogP contribution in [-0.4, -0.2) is 40.5 Å². The Kier molecular flexibility index (Phi) is 6.91. The summed E-state index contributed by atoms with van der Waals surface area (Å²) in [6.07, 6.45) is 1.33. The molecule has 0 aliphatic carbocycles. The molecule has 0 unspecified atom stereocenters. The molecule has 3 N–H and O–H groups in total. The summed E-state index contributed by atoms with van der Waals surface area (Å²) in [6, 6.07) is 17.1. The van der Waals surface area contributed by atoms with Gasteiger partial charge in [0.2, 0.25) is 0 Å². The summed E-state index contributed by atoms with van der Waals surface area (Å²) in [4.78, 5) is 39.9. The van der Waals surface area contributed by atoms with E-state index in [1.807, 2.05) is 0 Å². The van der Waals surface area contributed by atoms with Crippen LogP contribution < -0.4 is 11.1 Å². The van der Waals surface area contributed by atoms with Crippen LogP contribution in [0.2, 0.25) is 0 Å². The number of esters is 1. The molecule has 0 bridgehead atoms. The normalized spacial score (nSPS) is 10.4. The van der Waals surface area contributed by atoms with Gasteiger partial charge < -0.3 is 20.5 Å². The fourth-order valence-corrected chi connectivity index (χ4v) is 2.57. The van der Waals surface area contributed by atoms with Crippen LogP contribution in [-0.2, 0) is 16.2 Å². The van der Waals surface area contributed by atoms with Crippen LogP contribution in [0.3, 0.4) is 0 Å². The predicted molar refractivity (Wildman–Crippen MR) is 108 cm³/mol. The van der Waals surface area contributed by atoms with E-state index in [1.165, 1.54) is 10.9 Å². The fraction of sp³-hybridized carbons (Fsp3) is 0.143. The maximum Gasteiger partial charge on any atom is 0.338 e. The second-order valence-corrected chi connectivity index (χ2v) is 6.14. The van der Waals surface area contributed by atoms with E-state index < -0.39 is 17.8 Å². The molecule has 9 nitrogen and oxygen atoms in total. The van der Waals surface area contributed by atoms with E-state index in [-0.39, 0.29) is 31.5 Å². The third-order valence-corrected chi connectivity index (χ3v) is 4.04. The van der Waals surface area contributed by atoms with Crippen molar-refractivity contribution in [3.63, 3.8) is 0 Å². The molecule has 0 saturated carbocycles. The lowest BCUT2D eigenvalue weighted by molar-refractivity contribution is 0.0177. The zero-order valence-electron chi connectivity index (χ0n) is 16.0. The Bertz CT molecular complexity index is 1020. The summed E-state index contributed by atoms with van der Waals surface area (Å²) in [6.45, 7) is 0.110. The highest BCUT2D eigenvalue weighted by atomic mass is 16.6. The molecule has 3 aromatic rings. The first kappa shape index (κ1) is 20.7. The highest BCUT2D eigenvalue weighted by Gasteiger charge is 2.18. The van der Waals surface area contributed by atoms with Crippen molar-refractivity contribution >= 4 is 23.6 Å². The Morgan fingerprint density at radius 2 is 1.57 bits per heavy atom. The van der Waals surface area contributed by atoms with Crippen molar-refractivity contribution in [2.24, 2.45) is 5.73 Å². The number of carbonyl (C=O) groups excluding carboxylic acids is 3. The number of nitrogens with one attached hydrogen (secondary N) is 1.